The van der Waals surface area contributed by atoms with E-state index in [0.717, 1.165) is 32.1 Å². The van der Waals surface area contributed by atoms with Crippen molar-refractivity contribution in [3.05, 3.63) is 0 Å². The Morgan fingerprint density at radius 1 is 0.568 bits per heavy atom. The molecule has 4 N–H and O–H groups in total. The number of hydrogen-bond donors (Lipinski definition) is 4. The number of aliphatic hydroxyl groups is 3. The molecule has 222 valence electrons. The van der Waals surface area contributed by atoms with E-state index < -0.39 is 18.2 Å². The van der Waals surface area contributed by atoms with Crippen LogP contribution in [-0.2, 0) is 4.79 Å². The van der Waals surface area contributed by atoms with Crippen molar-refractivity contribution in [2.24, 2.45) is 0 Å². The second kappa shape index (κ2) is 28.4. The van der Waals surface area contributed by atoms with E-state index in [1.54, 1.807) is 0 Å². The molecule has 0 radical (unpaired) electrons. The summed E-state index contributed by atoms with van der Waals surface area (Å²) in [6.45, 7) is 4.12. The lowest BCUT2D eigenvalue weighted by Gasteiger charge is -2.26. The van der Waals surface area contributed by atoms with Crippen molar-refractivity contribution in [2.45, 2.75) is 193 Å². The average molecular weight is 528 g/mol. The highest BCUT2D eigenvalue weighted by Crippen LogP contribution is 2.15. The van der Waals surface area contributed by atoms with Crippen LogP contribution in [0.4, 0.5) is 0 Å². The summed E-state index contributed by atoms with van der Waals surface area (Å²) in [5.41, 5.74) is 0. The molecule has 0 aliphatic carbocycles. The predicted molar refractivity (Wildman–Crippen MR) is 158 cm³/mol. The SMILES string of the molecule is CCCCCCCCCCCCCCCCC[C@@H](O)[C@@H](O)[C@H](CO)NC(=O)CCCCCCCCCC. The number of aliphatic hydroxyl groups excluding tert-OH is 3. The summed E-state index contributed by atoms with van der Waals surface area (Å²) in [7, 11) is 0. The number of nitrogens with one attached hydrogen (secondary N) is 1. The van der Waals surface area contributed by atoms with Crippen LogP contribution in [0, 0.1) is 0 Å². The molecule has 37 heavy (non-hydrogen) atoms. The van der Waals surface area contributed by atoms with Crippen LogP contribution in [0.2, 0.25) is 0 Å². The van der Waals surface area contributed by atoms with Crippen molar-refractivity contribution in [3.63, 3.8) is 0 Å². The van der Waals surface area contributed by atoms with Gasteiger partial charge in [-0.25, -0.2) is 0 Å². The Balaban J connectivity index is 3.68. The van der Waals surface area contributed by atoms with Crippen LogP contribution in [0.5, 0.6) is 0 Å². The van der Waals surface area contributed by atoms with Gasteiger partial charge < -0.3 is 20.6 Å². The number of rotatable bonds is 29. The van der Waals surface area contributed by atoms with Crippen molar-refractivity contribution in [1.82, 2.24) is 5.32 Å². The Morgan fingerprint density at radius 3 is 1.30 bits per heavy atom. The molecule has 0 bridgehead atoms. The maximum absolute atomic E-state index is 12.2. The molecule has 3 atom stereocenters. The lowest BCUT2D eigenvalue weighted by atomic mass is 9.99. The van der Waals surface area contributed by atoms with E-state index in [1.165, 1.54) is 116 Å². The van der Waals surface area contributed by atoms with Gasteiger partial charge in [-0.2, -0.15) is 0 Å². The predicted octanol–water partition coefficient (Wildman–Crippen LogP) is 7.98. The molecule has 0 aromatic carbocycles. The molecule has 0 unspecified atom stereocenters. The molecular weight excluding hydrogens is 462 g/mol. The summed E-state index contributed by atoms with van der Waals surface area (Å²) in [6, 6.07) is -0.798. The van der Waals surface area contributed by atoms with Gasteiger partial charge in [-0.1, -0.05) is 155 Å². The first kappa shape index (κ1) is 36.4. The molecule has 0 aromatic rings. The first-order valence-electron chi connectivity index (χ1n) is 16.3. The zero-order chi connectivity index (χ0) is 27.4. The van der Waals surface area contributed by atoms with Gasteiger partial charge in [0.05, 0.1) is 18.8 Å². The first-order valence-corrected chi connectivity index (χ1v) is 16.3. The van der Waals surface area contributed by atoms with Crippen LogP contribution >= 0.6 is 0 Å². The highest BCUT2D eigenvalue weighted by molar-refractivity contribution is 5.76. The molecule has 0 heterocycles. The van der Waals surface area contributed by atoms with Crippen molar-refractivity contribution in [3.8, 4) is 0 Å². The van der Waals surface area contributed by atoms with Crippen LogP contribution in [0.1, 0.15) is 174 Å². The van der Waals surface area contributed by atoms with E-state index in [1.807, 2.05) is 0 Å². The fourth-order valence-electron chi connectivity index (χ4n) is 5.10. The van der Waals surface area contributed by atoms with E-state index in [0.29, 0.717) is 12.8 Å². The van der Waals surface area contributed by atoms with Gasteiger partial charge in [0.15, 0.2) is 0 Å². The molecule has 5 heteroatoms. The van der Waals surface area contributed by atoms with E-state index in [-0.39, 0.29) is 12.5 Å². The van der Waals surface area contributed by atoms with Crippen LogP contribution in [0.15, 0.2) is 0 Å². The van der Waals surface area contributed by atoms with E-state index in [2.05, 4.69) is 19.2 Å². The molecule has 0 rings (SSSR count). The molecule has 5 nitrogen and oxygen atoms in total. The van der Waals surface area contributed by atoms with Crippen LogP contribution < -0.4 is 5.32 Å². The number of amides is 1. The van der Waals surface area contributed by atoms with E-state index in [4.69, 9.17) is 0 Å². The summed E-state index contributed by atoms with van der Waals surface area (Å²) in [5.74, 6) is -0.150. The quantitative estimate of drug-likeness (QED) is 0.0742. The molecule has 0 aliphatic rings. The molecule has 0 spiro atoms. The number of unbranched alkanes of at least 4 members (excludes halogenated alkanes) is 21. The standard InChI is InChI=1S/C32H65NO4/c1-3-5-7-9-11-13-14-15-16-17-18-19-20-22-24-26-30(35)32(37)29(28-34)33-31(36)27-25-23-21-12-10-8-6-4-2/h29-30,32,34-35,37H,3-28H2,1-2H3,(H,33,36)/t29-,30+,32-/m0/s1. The van der Waals surface area contributed by atoms with Crippen LogP contribution in [0.3, 0.4) is 0 Å². The third-order valence-corrected chi connectivity index (χ3v) is 7.71. The zero-order valence-electron chi connectivity index (χ0n) is 24.9. The number of carbonyl (C=O) groups is 1. The van der Waals surface area contributed by atoms with Gasteiger partial charge in [-0.05, 0) is 12.8 Å². The van der Waals surface area contributed by atoms with E-state index in [9.17, 15) is 20.1 Å². The van der Waals surface area contributed by atoms with Crippen LogP contribution in [0.25, 0.3) is 0 Å². The maximum Gasteiger partial charge on any atom is 0.220 e. The van der Waals surface area contributed by atoms with E-state index >= 15 is 0 Å². The molecule has 1 amide bonds. The Kier molecular flexibility index (Phi) is 27.9. The fraction of sp³-hybridized carbons (Fsp3) is 0.969. The Labute approximate surface area is 230 Å². The molecular formula is C32H65NO4. The molecule has 0 aromatic heterocycles. The lowest BCUT2D eigenvalue weighted by molar-refractivity contribution is -0.124. The lowest BCUT2D eigenvalue weighted by Crippen LogP contribution is -2.50. The second-order valence-corrected chi connectivity index (χ2v) is 11.4. The highest BCUT2D eigenvalue weighted by Gasteiger charge is 2.26. The summed E-state index contributed by atoms with van der Waals surface area (Å²) in [5, 5.41) is 33.1. The average Bonchev–Trinajstić information content (AvgIpc) is 2.90. The van der Waals surface area contributed by atoms with Crippen molar-refractivity contribution < 1.29 is 20.1 Å². The normalized spacial score (nSPS) is 14.0. The fourth-order valence-corrected chi connectivity index (χ4v) is 5.10. The minimum atomic E-state index is -1.13. The van der Waals surface area contributed by atoms with Crippen molar-refractivity contribution in [2.75, 3.05) is 6.61 Å². The second-order valence-electron chi connectivity index (χ2n) is 11.4. The molecule has 0 saturated heterocycles. The van der Waals surface area contributed by atoms with Gasteiger partial charge in [0.2, 0.25) is 5.91 Å². The Morgan fingerprint density at radius 2 is 0.919 bits per heavy atom. The maximum atomic E-state index is 12.2. The van der Waals surface area contributed by atoms with Gasteiger partial charge >= 0.3 is 0 Å². The number of hydrogen-bond acceptors (Lipinski definition) is 4. The summed E-state index contributed by atoms with van der Waals surface area (Å²) >= 11 is 0. The molecule has 0 aliphatic heterocycles. The van der Waals surface area contributed by atoms with Gasteiger partial charge in [0, 0.05) is 6.42 Å². The summed E-state index contributed by atoms with van der Waals surface area (Å²) in [6.07, 6.45) is 27.7. The smallest absolute Gasteiger partial charge is 0.220 e. The van der Waals surface area contributed by atoms with Crippen LogP contribution in [-0.4, -0.2) is 46.1 Å². The van der Waals surface area contributed by atoms with Crippen molar-refractivity contribution >= 4 is 5.91 Å². The minimum absolute atomic E-state index is 0.150. The number of carbonyl (C=O) groups excluding carboxylic acids is 1. The van der Waals surface area contributed by atoms with Gasteiger partial charge in [-0.15, -0.1) is 0 Å². The largest absolute Gasteiger partial charge is 0.394 e. The monoisotopic (exact) mass is 527 g/mol. The Hall–Kier alpha value is -0.650. The zero-order valence-corrected chi connectivity index (χ0v) is 24.9. The summed E-state index contributed by atoms with van der Waals surface area (Å²) < 4.78 is 0. The topological polar surface area (TPSA) is 89.8 Å². The van der Waals surface area contributed by atoms with Gasteiger partial charge in [0.25, 0.3) is 0 Å². The highest BCUT2D eigenvalue weighted by atomic mass is 16.3. The van der Waals surface area contributed by atoms with Gasteiger partial charge in [0.1, 0.15) is 6.10 Å². The third kappa shape index (κ3) is 24.1. The first-order chi connectivity index (χ1) is 18.1. The van der Waals surface area contributed by atoms with Gasteiger partial charge in [-0.3, -0.25) is 4.79 Å². The molecule has 0 saturated carbocycles. The van der Waals surface area contributed by atoms with Crippen molar-refractivity contribution in [1.29, 1.82) is 0 Å². The Bertz CT molecular complexity index is 474. The summed E-state index contributed by atoms with van der Waals surface area (Å²) in [4.78, 5) is 12.2. The molecule has 0 fully saturated rings. The third-order valence-electron chi connectivity index (χ3n) is 7.71. The minimum Gasteiger partial charge on any atom is -0.394 e.